The normalized spacial score (nSPS) is 9.57. The molecule has 0 amide bonds. The summed E-state index contributed by atoms with van der Waals surface area (Å²) in [6.07, 6.45) is 1.15. The molecule has 0 saturated carbocycles. The fourth-order valence-electron chi connectivity index (χ4n) is 0.632. The molecule has 0 spiro atoms. The smallest absolute Gasteiger partial charge is 0.327 e. The number of aliphatic carboxylic acids is 1. The number of hydroxylamine groups is 3. The molecule has 0 aliphatic carbocycles. The zero-order valence-electron chi connectivity index (χ0n) is 9.57. The Balaban J connectivity index is -0.000000177. The molecule has 0 unspecified atom stereocenters. The second kappa shape index (κ2) is 9.56. The van der Waals surface area contributed by atoms with Crippen LogP contribution in [-0.4, -0.2) is 43.0 Å². The Hall–Kier alpha value is 0.0131. The van der Waals surface area contributed by atoms with Gasteiger partial charge in [0.15, 0.2) is 0 Å². The third-order valence-corrected chi connectivity index (χ3v) is 0.702. The Kier molecular flexibility index (Phi) is 13.4. The van der Waals surface area contributed by atoms with Gasteiger partial charge < -0.3 is 5.11 Å². The van der Waals surface area contributed by atoms with Gasteiger partial charge in [-0.05, 0) is 13.8 Å². The summed E-state index contributed by atoms with van der Waals surface area (Å²) in [4.78, 5) is 14.6. The summed E-state index contributed by atoms with van der Waals surface area (Å²) < 4.78 is 0.581. The Morgan fingerprint density at radius 2 is 1.71 bits per heavy atom. The number of carbonyl (C=O) groups is 1. The van der Waals surface area contributed by atoms with E-state index in [2.05, 4.69) is 6.58 Å². The SMILES string of the molecule is C=CC(=O)O.CC(C)O[N+](C)(C)C.[Zr]. The molecule has 0 rings (SSSR count). The van der Waals surface area contributed by atoms with Crippen LogP contribution in [-0.2, 0) is 35.8 Å². The molecule has 82 valence electrons. The van der Waals surface area contributed by atoms with E-state index in [0.717, 1.165) is 6.08 Å². The number of hydrogen-bond donors (Lipinski definition) is 1. The molecule has 5 heteroatoms. The van der Waals surface area contributed by atoms with E-state index in [9.17, 15) is 4.79 Å². The number of carboxylic acids is 1. The summed E-state index contributed by atoms with van der Waals surface area (Å²) in [5.74, 6) is -0.981. The Morgan fingerprint density at radius 3 is 1.71 bits per heavy atom. The average molecular weight is 281 g/mol. The summed E-state index contributed by atoms with van der Waals surface area (Å²) in [5.41, 5.74) is 0. The molecule has 0 heterocycles. The van der Waals surface area contributed by atoms with E-state index in [-0.39, 0.29) is 26.2 Å². The van der Waals surface area contributed by atoms with Crippen LogP contribution in [0.25, 0.3) is 0 Å². The van der Waals surface area contributed by atoms with Crippen molar-refractivity contribution in [1.82, 2.24) is 0 Å². The standard InChI is InChI=1S/C6H16NO.C3H4O2.Zr/c1-6(2)8-7(3,4)5;1-2-3(4)5;/h6H,1-5H3;2H,1H2,(H,4,5);/q+1;;. The topological polar surface area (TPSA) is 46.5 Å². The Bertz CT molecular complexity index is 164. The van der Waals surface area contributed by atoms with Gasteiger partial charge in [-0.15, -0.1) is 0 Å². The van der Waals surface area contributed by atoms with Gasteiger partial charge in [-0.3, -0.25) is 0 Å². The van der Waals surface area contributed by atoms with Gasteiger partial charge in [0.2, 0.25) is 0 Å². The molecule has 0 aliphatic heterocycles. The maximum Gasteiger partial charge on any atom is 0.327 e. The first-order valence-electron chi connectivity index (χ1n) is 4.04. The van der Waals surface area contributed by atoms with Crippen LogP contribution in [0.1, 0.15) is 13.8 Å². The number of rotatable bonds is 3. The minimum atomic E-state index is -0.981. The Labute approximate surface area is 105 Å². The van der Waals surface area contributed by atoms with Gasteiger partial charge in [0, 0.05) is 32.3 Å². The first-order valence-corrected chi connectivity index (χ1v) is 4.04. The van der Waals surface area contributed by atoms with Crippen molar-refractivity contribution in [3.63, 3.8) is 0 Å². The van der Waals surface area contributed by atoms with Crippen LogP contribution in [0.2, 0.25) is 0 Å². The first kappa shape index (κ1) is 19.6. The van der Waals surface area contributed by atoms with Crippen molar-refractivity contribution in [3.8, 4) is 0 Å². The van der Waals surface area contributed by atoms with E-state index in [1.807, 2.05) is 35.0 Å². The maximum atomic E-state index is 9.25. The molecule has 0 bridgehead atoms. The molecular weight excluding hydrogens is 261 g/mol. The summed E-state index contributed by atoms with van der Waals surface area (Å²) in [5, 5.41) is 7.60. The predicted molar refractivity (Wildman–Crippen MR) is 52.1 cm³/mol. The van der Waals surface area contributed by atoms with E-state index >= 15 is 0 Å². The van der Waals surface area contributed by atoms with Crippen molar-refractivity contribution in [1.29, 1.82) is 0 Å². The fourth-order valence-corrected chi connectivity index (χ4v) is 0.632. The van der Waals surface area contributed by atoms with Crippen molar-refractivity contribution >= 4 is 5.97 Å². The molecule has 0 aromatic rings. The van der Waals surface area contributed by atoms with Crippen LogP contribution in [0.5, 0.6) is 0 Å². The summed E-state index contributed by atoms with van der Waals surface area (Å²) in [6.45, 7) is 7.02. The van der Waals surface area contributed by atoms with E-state index in [1.54, 1.807) is 0 Å². The Morgan fingerprint density at radius 1 is 1.43 bits per heavy atom. The summed E-state index contributed by atoms with van der Waals surface area (Å²) in [6, 6.07) is 0. The number of carboxylic acid groups (broad SMARTS) is 1. The summed E-state index contributed by atoms with van der Waals surface area (Å²) >= 11 is 0. The molecule has 0 atom stereocenters. The van der Waals surface area contributed by atoms with Crippen LogP contribution >= 0.6 is 0 Å². The minimum Gasteiger partial charge on any atom is -0.478 e. The van der Waals surface area contributed by atoms with Gasteiger partial charge >= 0.3 is 5.97 Å². The third-order valence-electron chi connectivity index (χ3n) is 0.702. The maximum absolute atomic E-state index is 9.25. The van der Waals surface area contributed by atoms with Gasteiger partial charge in [0.05, 0.1) is 21.1 Å². The second-order valence-corrected chi connectivity index (χ2v) is 3.59. The van der Waals surface area contributed by atoms with E-state index in [4.69, 9.17) is 9.94 Å². The number of nitrogens with zero attached hydrogens (tertiary/aromatic N) is 1. The van der Waals surface area contributed by atoms with Crippen LogP contribution in [0, 0.1) is 0 Å². The number of hydrogen-bond acceptors (Lipinski definition) is 2. The predicted octanol–water partition coefficient (Wildman–Crippen LogP) is 1.29. The van der Waals surface area contributed by atoms with Gasteiger partial charge in [0.25, 0.3) is 0 Å². The quantitative estimate of drug-likeness (QED) is 0.482. The molecule has 0 fully saturated rings. The van der Waals surface area contributed by atoms with Crippen molar-refractivity contribution in [2.24, 2.45) is 0 Å². The van der Waals surface area contributed by atoms with Gasteiger partial charge in [-0.2, -0.15) is 4.65 Å². The molecule has 0 radical (unpaired) electrons. The van der Waals surface area contributed by atoms with Crippen LogP contribution in [0.4, 0.5) is 0 Å². The monoisotopic (exact) mass is 280 g/mol. The molecule has 1 N–H and O–H groups in total. The fraction of sp³-hybridized carbons (Fsp3) is 0.667. The molecule has 0 saturated heterocycles. The average Bonchev–Trinajstić information content (AvgIpc) is 1.83. The number of quaternary nitrogens is 1. The van der Waals surface area contributed by atoms with Gasteiger partial charge in [-0.1, -0.05) is 6.58 Å². The second-order valence-electron chi connectivity index (χ2n) is 3.59. The van der Waals surface area contributed by atoms with Crippen molar-refractivity contribution in [2.45, 2.75) is 20.0 Å². The van der Waals surface area contributed by atoms with E-state index < -0.39 is 5.97 Å². The van der Waals surface area contributed by atoms with Crippen molar-refractivity contribution in [3.05, 3.63) is 12.7 Å². The molecule has 14 heavy (non-hydrogen) atoms. The molecule has 0 aromatic carbocycles. The molecule has 0 aliphatic rings. The summed E-state index contributed by atoms with van der Waals surface area (Å²) in [7, 11) is 6.00. The molecule has 4 nitrogen and oxygen atoms in total. The zero-order chi connectivity index (χ0) is 11.1. The first-order chi connectivity index (χ1) is 5.69. The minimum absolute atomic E-state index is 0. The van der Waals surface area contributed by atoms with Crippen molar-refractivity contribution < 1.29 is 45.6 Å². The molecule has 0 aromatic heterocycles. The van der Waals surface area contributed by atoms with E-state index in [0.29, 0.717) is 10.8 Å². The van der Waals surface area contributed by atoms with Crippen LogP contribution < -0.4 is 0 Å². The third kappa shape index (κ3) is 29.6. The van der Waals surface area contributed by atoms with Crippen LogP contribution in [0.15, 0.2) is 12.7 Å². The van der Waals surface area contributed by atoms with Gasteiger partial charge in [0.1, 0.15) is 6.10 Å². The van der Waals surface area contributed by atoms with Crippen LogP contribution in [0.3, 0.4) is 0 Å². The largest absolute Gasteiger partial charge is 0.478 e. The van der Waals surface area contributed by atoms with Crippen molar-refractivity contribution in [2.75, 3.05) is 21.1 Å². The van der Waals surface area contributed by atoms with Gasteiger partial charge in [-0.25, -0.2) is 9.63 Å². The molecular formula is C9H20NO3Zr+. The zero-order valence-corrected chi connectivity index (χ0v) is 12.0. The van der Waals surface area contributed by atoms with E-state index in [1.165, 1.54) is 0 Å².